The molecule has 4 rings (SSSR count). The normalized spacial score (nSPS) is 10.8. The van der Waals surface area contributed by atoms with Crippen molar-refractivity contribution in [3.05, 3.63) is 66.4 Å². The van der Waals surface area contributed by atoms with E-state index in [1.807, 2.05) is 54.6 Å². The van der Waals surface area contributed by atoms with Crippen LogP contribution in [-0.2, 0) is 11.2 Å². The first-order valence-electron chi connectivity index (χ1n) is 8.29. The highest BCUT2D eigenvalue weighted by atomic mass is 16.5. The summed E-state index contributed by atoms with van der Waals surface area (Å²) >= 11 is 0. The Hall–Kier alpha value is -3.87. The lowest BCUT2D eigenvalue weighted by atomic mass is 10.1. The van der Waals surface area contributed by atoms with Gasteiger partial charge >= 0.3 is 5.97 Å². The smallest absolute Gasteiger partial charge is 0.309 e. The number of benzene rings is 2. The first-order valence-corrected chi connectivity index (χ1v) is 8.29. The monoisotopic (exact) mass is 360 g/mol. The summed E-state index contributed by atoms with van der Waals surface area (Å²) in [5.74, 6) is 0.794. The molecule has 0 unspecified atom stereocenters. The second-order valence-corrected chi connectivity index (χ2v) is 6.00. The topological polar surface area (TPSA) is 114 Å². The zero-order valence-corrected chi connectivity index (χ0v) is 14.2. The number of ether oxygens (including phenoxy) is 1. The molecule has 0 saturated carbocycles. The maximum atomic E-state index is 11.1. The number of hydrogen-bond donors (Lipinski definition) is 3. The van der Waals surface area contributed by atoms with E-state index >= 15 is 0 Å². The van der Waals surface area contributed by atoms with E-state index in [1.54, 1.807) is 6.07 Å². The van der Waals surface area contributed by atoms with Crippen molar-refractivity contribution in [1.29, 1.82) is 0 Å². The van der Waals surface area contributed by atoms with Crippen LogP contribution >= 0.6 is 0 Å². The van der Waals surface area contributed by atoms with E-state index in [2.05, 4.69) is 15.2 Å². The molecule has 0 fully saturated rings. The number of anilines is 1. The van der Waals surface area contributed by atoms with Crippen LogP contribution in [0.2, 0.25) is 0 Å². The van der Waals surface area contributed by atoms with Crippen molar-refractivity contribution in [3.63, 3.8) is 0 Å². The van der Waals surface area contributed by atoms with Crippen LogP contribution in [0.15, 0.2) is 60.7 Å². The SMILES string of the molecule is Nc1n[nH]c2cc(CC(=O)O)nc(-c3ccc(Oc4ccccc4)cc3)c12. The van der Waals surface area contributed by atoms with Gasteiger partial charge in [0, 0.05) is 5.56 Å². The van der Waals surface area contributed by atoms with Crippen molar-refractivity contribution in [2.75, 3.05) is 5.73 Å². The number of hydrogen-bond acceptors (Lipinski definition) is 5. The van der Waals surface area contributed by atoms with Crippen molar-refractivity contribution in [3.8, 4) is 22.8 Å². The van der Waals surface area contributed by atoms with E-state index in [-0.39, 0.29) is 6.42 Å². The third-order valence-electron chi connectivity index (χ3n) is 4.06. The highest BCUT2D eigenvalue weighted by Gasteiger charge is 2.15. The third kappa shape index (κ3) is 3.43. The summed E-state index contributed by atoms with van der Waals surface area (Å²) in [4.78, 5) is 15.6. The Kier molecular flexibility index (Phi) is 4.18. The molecule has 4 N–H and O–H groups in total. The van der Waals surface area contributed by atoms with Gasteiger partial charge in [0.1, 0.15) is 11.5 Å². The highest BCUT2D eigenvalue weighted by Crippen LogP contribution is 2.32. The molecule has 0 bridgehead atoms. The Balaban J connectivity index is 1.72. The molecular formula is C20H16N4O3. The number of carbonyl (C=O) groups is 1. The summed E-state index contributed by atoms with van der Waals surface area (Å²) < 4.78 is 5.80. The number of aromatic amines is 1. The molecule has 0 spiro atoms. The van der Waals surface area contributed by atoms with Gasteiger partial charge in [-0.3, -0.25) is 14.9 Å². The molecule has 2 aromatic carbocycles. The van der Waals surface area contributed by atoms with Crippen molar-refractivity contribution in [2.45, 2.75) is 6.42 Å². The molecule has 27 heavy (non-hydrogen) atoms. The number of rotatable bonds is 5. The molecule has 134 valence electrons. The molecule has 0 radical (unpaired) electrons. The summed E-state index contributed by atoms with van der Waals surface area (Å²) in [6, 6.07) is 18.5. The number of fused-ring (bicyclic) bond motifs is 1. The molecular weight excluding hydrogens is 344 g/mol. The lowest BCUT2D eigenvalue weighted by Gasteiger charge is -2.09. The summed E-state index contributed by atoms with van der Waals surface area (Å²) in [5.41, 5.74) is 8.43. The Morgan fingerprint density at radius 3 is 2.48 bits per heavy atom. The second-order valence-electron chi connectivity index (χ2n) is 6.00. The van der Waals surface area contributed by atoms with Crippen LogP contribution in [0.5, 0.6) is 11.5 Å². The van der Waals surface area contributed by atoms with Crippen molar-refractivity contribution >= 4 is 22.7 Å². The summed E-state index contributed by atoms with van der Waals surface area (Å²) in [6.07, 6.45) is -0.183. The highest BCUT2D eigenvalue weighted by molar-refractivity contribution is 6.00. The van der Waals surface area contributed by atoms with E-state index in [0.717, 1.165) is 11.3 Å². The van der Waals surface area contributed by atoms with E-state index in [4.69, 9.17) is 15.6 Å². The van der Waals surface area contributed by atoms with Gasteiger partial charge in [0.2, 0.25) is 0 Å². The van der Waals surface area contributed by atoms with Gasteiger partial charge in [-0.15, -0.1) is 0 Å². The minimum absolute atomic E-state index is 0.183. The Morgan fingerprint density at radius 2 is 1.78 bits per heavy atom. The van der Waals surface area contributed by atoms with Gasteiger partial charge in [-0.2, -0.15) is 5.10 Å². The van der Waals surface area contributed by atoms with Crippen LogP contribution in [0.3, 0.4) is 0 Å². The maximum Gasteiger partial charge on any atom is 0.309 e. The first kappa shape index (κ1) is 16.6. The Labute approximate surface area is 154 Å². The van der Waals surface area contributed by atoms with Gasteiger partial charge < -0.3 is 15.6 Å². The summed E-state index contributed by atoms with van der Waals surface area (Å²) in [7, 11) is 0. The van der Waals surface area contributed by atoms with Gasteiger partial charge in [0.05, 0.1) is 28.7 Å². The van der Waals surface area contributed by atoms with E-state index in [0.29, 0.717) is 33.9 Å². The fraction of sp³-hybridized carbons (Fsp3) is 0.0500. The predicted octanol–water partition coefficient (Wildman–Crippen LogP) is 3.63. The van der Waals surface area contributed by atoms with Gasteiger partial charge in [0.15, 0.2) is 5.82 Å². The lowest BCUT2D eigenvalue weighted by molar-refractivity contribution is -0.136. The fourth-order valence-electron chi connectivity index (χ4n) is 2.88. The zero-order valence-electron chi connectivity index (χ0n) is 14.2. The number of carboxylic acids is 1. The quantitative estimate of drug-likeness (QED) is 0.501. The summed E-state index contributed by atoms with van der Waals surface area (Å²) in [5, 5.41) is 16.6. The number of nitrogens with two attached hydrogens (primary N) is 1. The predicted molar refractivity (Wildman–Crippen MR) is 102 cm³/mol. The minimum atomic E-state index is -0.952. The van der Waals surface area contributed by atoms with E-state index in [1.165, 1.54) is 0 Å². The van der Waals surface area contributed by atoms with Gasteiger partial charge in [-0.1, -0.05) is 18.2 Å². The average molecular weight is 360 g/mol. The maximum absolute atomic E-state index is 11.1. The third-order valence-corrected chi connectivity index (χ3v) is 4.06. The van der Waals surface area contributed by atoms with Gasteiger partial charge in [0.25, 0.3) is 0 Å². The van der Waals surface area contributed by atoms with Crippen LogP contribution in [-0.4, -0.2) is 26.3 Å². The molecule has 0 aliphatic heterocycles. The summed E-state index contributed by atoms with van der Waals surface area (Å²) in [6.45, 7) is 0. The van der Waals surface area contributed by atoms with Crippen molar-refractivity contribution in [2.24, 2.45) is 0 Å². The molecule has 2 heterocycles. The van der Waals surface area contributed by atoms with E-state index < -0.39 is 5.97 Å². The first-order chi connectivity index (χ1) is 13.1. The number of nitrogens with zero attached hydrogens (tertiary/aromatic N) is 2. The average Bonchev–Trinajstić information content (AvgIpc) is 3.03. The lowest BCUT2D eigenvalue weighted by Crippen LogP contribution is -2.03. The number of aromatic nitrogens is 3. The number of carboxylic acid groups (broad SMARTS) is 1. The van der Waals surface area contributed by atoms with Crippen LogP contribution in [0, 0.1) is 0 Å². The van der Waals surface area contributed by atoms with Gasteiger partial charge in [-0.25, -0.2) is 0 Å². The molecule has 7 heteroatoms. The molecule has 0 aliphatic rings. The number of pyridine rings is 1. The largest absolute Gasteiger partial charge is 0.481 e. The molecule has 0 saturated heterocycles. The zero-order chi connectivity index (χ0) is 18.8. The van der Waals surface area contributed by atoms with Gasteiger partial charge in [-0.05, 0) is 42.5 Å². The minimum Gasteiger partial charge on any atom is -0.481 e. The van der Waals surface area contributed by atoms with Crippen LogP contribution in [0.4, 0.5) is 5.82 Å². The van der Waals surface area contributed by atoms with Crippen LogP contribution < -0.4 is 10.5 Å². The number of nitrogen functional groups attached to an aromatic ring is 1. The molecule has 4 aromatic rings. The molecule has 7 nitrogen and oxygen atoms in total. The van der Waals surface area contributed by atoms with Crippen molar-refractivity contribution in [1.82, 2.24) is 15.2 Å². The van der Waals surface area contributed by atoms with Crippen LogP contribution in [0.1, 0.15) is 5.69 Å². The Morgan fingerprint density at radius 1 is 1.07 bits per heavy atom. The number of nitrogens with one attached hydrogen (secondary N) is 1. The second kappa shape index (κ2) is 6.80. The molecule has 0 atom stereocenters. The fourth-order valence-corrected chi connectivity index (χ4v) is 2.88. The molecule has 2 aromatic heterocycles. The van der Waals surface area contributed by atoms with E-state index in [9.17, 15) is 4.79 Å². The molecule has 0 aliphatic carbocycles. The molecule has 0 amide bonds. The Bertz CT molecular complexity index is 1110. The number of para-hydroxylation sites is 1. The standard InChI is InChI=1S/C20H16N4O3/c21-20-18-16(23-24-20)10-13(11-17(25)26)22-19(18)12-6-8-15(9-7-12)27-14-4-2-1-3-5-14/h1-10H,11H2,(H,25,26)(H3,21,23,24). The van der Waals surface area contributed by atoms with Crippen molar-refractivity contribution < 1.29 is 14.6 Å². The van der Waals surface area contributed by atoms with Crippen LogP contribution in [0.25, 0.3) is 22.2 Å². The number of aliphatic carboxylic acids is 1. The number of H-pyrrole nitrogens is 1.